The lowest BCUT2D eigenvalue weighted by Gasteiger charge is -2.34. The quantitative estimate of drug-likeness (QED) is 0.749. The second kappa shape index (κ2) is 8.02. The third-order valence-corrected chi connectivity index (χ3v) is 3.43. The summed E-state index contributed by atoms with van der Waals surface area (Å²) in [6.45, 7) is 7.50. The van der Waals surface area contributed by atoms with Gasteiger partial charge in [-0.1, -0.05) is 31.5 Å². The number of rotatable bonds is 7. The largest absolute Gasteiger partial charge is 0.330 e. The maximum atomic E-state index is 12.7. The Balaban J connectivity index is 2.96. The van der Waals surface area contributed by atoms with Crippen LogP contribution >= 0.6 is 0 Å². The first-order valence-electron chi connectivity index (χ1n) is 7.26. The predicted molar refractivity (Wildman–Crippen MR) is 83.6 cm³/mol. The molecule has 0 fully saturated rings. The summed E-state index contributed by atoms with van der Waals surface area (Å²) in [5, 5.41) is 3.24. The van der Waals surface area contributed by atoms with Crippen LogP contribution < -0.4 is 11.1 Å². The Morgan fingerprint density at radius 2 is 1.90 bits per heavy atom. The third-order valence-electron chi connectivity index (χ3n) is 3.43. The minimum atomic E-state index is 0.0235. The lowest BCUT2D eigenvalue weighted by Crippen LogP contribution is -2.51. The molecule has 0 saturated heterocycles. The zero-order valence-corrected chi connectivity index (χ0v) is 13.0. The van der Waals surface area contributed by atoms with Crippen molar-refractivity contribution in [2.24, 2.45) is 11.7 Å². The van der Waals surface area contributed by atoms with Gasteiger partial charge in [0.1, 0.15) is 0 Å². The summed E-state index contributed by atoms with van der Waals surface area (Å²) in [6, 6.07) is 7.72. The van der Waals surface area contributed by atoms with Gasteiger partial charge in [-0.15, -0.1) is 0 Å². The van der Waals surface area contributed by atoms with Gasteiger partial charge in [0, 0.05) is 12.1 Å². The van der Waals surface area contributed by atoms with Gasteiger partial charge in [-0.25, -0.2) is 0 Å². The molecule has 4 heteroatoms. The van der Waals surface area contributed by atoms with Crippen molar-refractivity contribution < 1.29 is 4.79 Å². The van der Waals surface area contributed by atoms with E-state index in [-0.39, 0.29) is 12.1 Å². The molecule has 0 saturated carbocycles. The van der Waals surface area contributed by atoms with Crippen molar-refractivity contribution in [3.05, 3.63) is 35.4 Å². The molecule has 1 amide bonds. The topological polar surface area (TPSA) is 58.4 Å². The van der Waals surface area contributed by atoms with Crippen LogP contribution in [0.4, 0.5) is 0 Å². The van der Waals surface area contributed by atoms with Crippen molar-refractivity contribution >= 4 is 5.91 Å². The van der Waals surface area contributed by atoms with Gasteiger partial charge >= 0.3 is 0 Å². The maximum Gasteiger partial charge on any atom is 0.255 e. The number of aryl methyl sites for hydroxylation is 1. The molecule has 0 bridgehead atoms. The number of nitrogens with two attached hydrogens (primary N) is 1. The van der Waals surface area contributed by atoms with Gasteiger partial charge in [0.05, 0.1) is 6.17 Å². The van der Waals surface area contributed by atoms with Crippen LogP contribution in [0.2, 0.25) is 0 Å². The molecule has 0 aliphatic heterocycles. The Morgan fingerprint density at radius 1 is 1.30 bits per heavy atom. The highest BCUT2D eigenvalue weighted by molar-refractivity contribution is 5.94. The Bertz CT molecular complexity index is 414. The molecule has 0 spiro atoms. The van der Waals surface area contributed by atoms with Crippen LogP contribution in [0.1, 0.15) is 36.2 Å². The van der Waals surface area contributed by atoms with Gasteiger partial charge in [-0.2, -0.15) is 0 Å². The first-order chi connectivity index (χ1) is 9.51. The molecule has 1 rings (SSSR count). The second-order valence-corrected chi connectivity index (χ2v) is 5.48. The van der Waals surface area contributed by atoms with Gasteiger partial charge in [0.15, 0.2) is 0 Å². The maximum absolute atomic E-state index is 12.7. The number of benzene rings is 1. The highest BCUT2D eigenvalue weighted by atomic mass is 16.2. The Hall–Kier alpha value is -1.39. The van der Waals surface area contributed by atoms with E-state index in [1.165, 1.54) is 0 Å². The van der Waals surface area contributed by atoms with Crippen molar-refractivity contribution in [3.8, 4) is 0 Å². The van der Waals surface area contributed by atoms with Crippen molar-refractivity contribution in [2.45, 2.75) is 33.4 Å². The molecule has 4 nitrogen and oxygen atoms in total. The van der Waals surface area contributed by atoms with Gasteiger partial charge < -0.3 is 16.0 Å². The van der Waals surface area contributed by atoms with Gasteiger partial charge in [0.2, 0.25) is 0 Å². The predicted octanol–water partition coefficient (Wildman–Crippen LogP) is 1.99. The Kier molecular flexibility index (Phi) is 6.68. The number of nitrogens with zero attached hydrogens (tertiary/aromatic N) is 1. The summed E-state index contributed by atoms with van der Waals surface area (Å²) in [5.74, 6) is 0.402. The van der Waals surface area contributed by atoms with Crippen LogP contribution in [0.15, 0.2) is 24.3 Å². The summed E-state index contributed by atoms with van der Waals surface area (Å²) in [4.78, 5) is 14.6. The Labute approximate surface area is 122 Å². The second-order valence-electron chi connectivity index (χ2n) is 5.48. The average Bonchev–Trinajstić information content (AvgIpc) is 2.43. The van der Waals surface area contributed by atoms with Crippen molar-refractivity contribution in [1.82, 2.24) is 10.2 Å². The van der Waals surface area contributed by atoms with E-state index in [1.54, 1.807) is 0 Å². The zero-order valence-electron chi connectivity index (χ0n) is 13.0. The number of hydrogen-bond acceptors (Lipinski definition) is 3. The molecule has 112 valence electrons. The van der Waals surface area contributed by atoms with Crippen molar-refractivity contribution in [2.75, 3.05) is 20.1 Å². The number of amides is 1. The lowest BCUT2D eigenvalue weighted by atomic mass is 10.1. The van der Waals surface area contributed by atoms with E-state index in [1.807, 2.05) is 43.1 Å². The lowest BCUT2D eigenvalue weighted by molar-refractivity contribution is 0.0583. The molecule has 0 aliphatic carbocycles. The van der Waals surface area contributed by atoms with Crippen molar-refractivity contribution in [1.29, 1.82) is 0 Å². The minimum Gasteiger partial charge on any atom is -0.330 e. The molecule has 1 aromatic carbocycles. The van der Waals surface area contributed by atoms with Crippen LogP contribution in [-0.2, 0) is 0 Å². The van der Waals surface area contributed by atoms with E-state index in [0.29, 0.717) is 19.0 Å². The molecule has 1 atom stereocenters. The number of hydrogen-bond donors (Lipinski definition) is 2. The first kappa shape index (κ1) is 16.7. The fraction of sp³-hybridized carbons (Fsp3) is 0.562. The van der Waals surface area contributed by atoms with Crippen LogP contribution in [0.5, 0.6) is 0 Å². The molecule has 0 radical (unpaired) electrons. The van der Waals surface area contributed by atoms with Gasteiger partial charge in [0.25, 0.3) is 5.91 Å². The number of carbonyl (C=O) groups is 1. The SMILES string of the molecule is CNC(C(C)C)N(CCCN)C(=O)c1ccc(C)cc1. The summed E-state index contributed by atoms with van der Waals surface area (Å²) in [6.07, 6.45) is 0.832. The normalized spacial score (nSPS) is 12.5. The summed E-state index contributed by atoms with van der Waals surface area (Å²) in [7, 11) is 1.89. The molecule has 1 aromatic rings. The minimum absolute atomic E-state index is 0.0235. The molecule has 0 aromatic heterocycles. The van der Waals surface area contributed by atoms with E-state index in [0.717, 1.165) is 17.5 Å². The van der Waals surface area contributed by atoms with Crippen LogP contribution in [0, 0.1) is 12.8 Å². The van der Waals surface area contributed by atoms with Crippen LogP contribution in [0.3, 0.4) is 0 Å². The molecule has 20 heavy (non-hydrogen) atoms. The highest BCUT2D eigenvalue weighted by Crippen LogP contribution is 2.14. The third kappa shape index (κ3) is 4.32. The van der Waals surface area contributed by atoms with E-state index < -0.39 is 0 Å². The molecule has 0 aliphatic rings. The molecular weight excluding hydrogens is 250 g/mol. The molecular formula is C16H27N3O. The summed E-state index contributed by atoms with van der Waals surface area (Å²) >= 11 is 0. The number of carbonyl (C=O) groups excluding carboxylic acids is 1. The van der Waals surface area contributed by atoms with E-state index in [2.05, 4.69) is 19.2 Å². The molecule has 1 unspecified atom stereocenters. The van der Waals surface area contributed by atoms with Gasteiger partial charge in [-0.05, 0) is 45.0 Å². The molecule has 3 N–H and O–H groups in total. The van der Waals surface area contributed by atoms with Crippen molar-refractivity contribution in [3.63, 3.8) is 0 Å². The van der Waals surface area contributed by atoms with E-state index >= 15 is 0 Å². The summed E-state index contributed by atoms with van der Waals surface area (Å²) < 4.78 is 0. The fourth-order valence-corrected chi connectivity index (χ4v) is 2.34. The Morgan fingerprint density at radius 3 is 2.35 bits per heavy atom. The number of nitrogens with one attached hydrogen (secondary N) is 1. The first-order valence-corrected chi connectivity index (χ1v) is 7.26. The monoisotopic (exact) mass is 277 g/mol. The fourth-order valence-electron chi connectivity index (χ4n) is 2.34. The van der Waals surface area contributed by atoms with Crippen LogP contribution in [-0.4, -0.2) is 37.1 Å². The zero-order chi connectivity index (χ0) is 15.1. The average molecular weight is 277 g/mol. The van der Waals surface area contributed by atoms with Gasteiger partial charge in [-0.3, -0.25) is 4.79 Å². The standard InChI is InChI=1S/C16H27N3O/c1-12(2)15(18-4)19(11-5-10-17)16(20)14-8-6-13(3)7-9-14/h6-9,12,15,18H,5,10-11,17H2,1-4H3. The summed E-state index contributed by atoms with van der Waals surface area (Å²) in [5.41, 5.74) is 7.48. The van der Waals surface area contributed by atoms with Crippen LogP contribution in [0.25, 0.3) is 0 Å². The van der Waals surface area contributed by atoms with E-state index in [9.17, 15) is 4.79 Å². The molecule has 0 heterocycles. The highest BCUT2D eigenvalue weighted by Gasteiger charge is 2.25. The van der Waals surface area contributed by atoms with E-state index in [4.69, 9.17) is 5.73 Å². The smallest absolute Gasteiger partial charge is 0.255 e.